The van der Waals surface area contributed by atoms with Crippen LogP contribution < -0.4 is 4.72 Å². The van der Waals surface area contributed by atoms with Gasteiger partial charge < -0.3 is 0 Å². The van der Waals surface area contributed by atoms with Crippen LogP contribution in [0.2, 0.25) is 0 Å². The Kier molecular flexibility index (Phi) is 4.15. The lowest BCUT2D eigenvalue weighted by atomic mass is 9.83. The average Bonchev–Trinajstić information content (AvgIpc) is 2.90. The molecule has 5 nitrogen and oxygen atoms in total. The molecule has 2 N–H and O–H groups in total. The Morgan fingerprint density at radius 3 is 2.29 bits per heavy atom. The van der Waals surface area contributed by atoms with E-state index < -0.39 is 16.1 Å². The van der Waals surface area contributed by atoms with Gasteiger partial charge in [-0.2, -0.15) is 5.10 Å². The van der Waals surface area contributed by atoms with Crippen molar-refractivity contribution in [3.05, 3.63) is 47.9 Å². The number of sulfonamides is 1. The molecular weight excluding hydrogens is 293 g/mol. The van der Waals surface area contributed by atoms with Crippen molar-refractivity contribution in [3.8, 4) is 0 Å². The fourth-order valence-corrected chi connectivity index (χ4v) is 3.35. The predicted molar refractivity (Wildman–Crippen MR) is 77.5 cm³/mol. The zero-order chi connectivity index (χ0) is 15.7. The maximum absolute atomic E-state index is 13.1. The van der Waals surface area contributed by atoms with E-state index >= 15 is 0 Å². The van der Waals surface area contributed by atoms with Crippen molar-refractivity contribution in [1.29, 1.82) is 0 Å². The van der Waals surface area contributed by atoms with E-state index in [0.717, 1.165) is 0 Å². The number of nitrogens with one attached hydrogen (secondary N) is 2. The summed E-state index contributed by atoms with van der Waals surface area (Å²) in [6.07, 6.45) is 1.37. The van der Waals surface area contributed by atoms with E-state index in [9.17, 15) is 12.8 Å². The van der Waals surface area contributed by atoms with Gasteiger partial charge in [0.25, 0.3) is 10.0 Å². The maximum atomic E-state index is 13.1. The summed E-state index contributed by atoms with van der Waals surface area (Å²) in [6.45, 7) is 5.74. The third-order valence-electron chi connectivity index (χ3n) is 3.11. The van der Waals surface area contributed by atoms with E-state index in [-0.39, 0.29) is 16.3 Å². The Balaban J connectivity index is 2.37. The maximum Gasteiger partial charge on any atom is 0.258 e. The number of aromatic amines is 1. The fourth-order valence-electron chi connectivity index (χ4n) is 2.01. The number of hydrogen-bond donors (Lipinski definition) is 2. The minimum Gasteiger partial charge on any atom is -0.266 e. The first-order valence-electron chi connectivity index (χ1n) is 6.47. The van der Waals surface area contributed by atoms with Crippen LogP contribution in [0.3, 0.4) is 0 Å². The molecule has 7 heteroatoms. The monoisotopic (exact) mass is 311 g/mol. The van der Waals surface area contributed by atoms with E-state index in [0.29, 0.717) is 5.56 Å². The number of hydrogen-bond acceptors (Lipinski definition) is 3. The van der Waals surface area contributed by atoms with Gasteiger partial charge in [-0.05, 0) is 29.2 Å². The molecule has 0 fully saturated rings. The molecule has 2 aromatic rings. The summed E-state index contributed by atoms with van der Waals surface area (Å²) in [4.78, 5) is 0. The highest BCUT2D eigenvalue weighted by molar-refractivity contribution is 7.89. The van der Waals surface area contributed by atoms with E-state index in [2.05, 4.69) is 14.9 Å². The summed E-state index contributed by atoms with van der Waals surface area (Å²) in [7, 11) is -3.72. The Morgan fingerprint density at radius 1 is 1.19 bits per heavy atom. The molecule has 0 saturated carbocycles. The van der Waals surface area contributed by atoms with Crippen LogP contribution >= 0.6 is 0 Å². The van der Waals surface area contributed by atoms with Gasteiger partial charge in [-0.1, -0.05) is 32.9 Å². The van der Waals surface area contributed by atoms with Crippen LogP contribution in [0.25, 0.3) is 0 Å². The summed E-state index contributed by atoms with van der Waals surface area (Å²) in [6, 6.07) is 6.69. The summed E-state index contributed by atoms with van der Waals surface area (Å²) >= 11 is 0. The van der Waals surface area contributed by atoms with Gasteiger partial charge in [-0.15, -0.1) is 0 Å². The minimum absolute atomic E-state index is 0.00105. The second-order valence-electron chi connectivity index (χ2n) is 5.89. The highest BCUT2D eigenvalue weighted by Crippen LogP contribution is 2.34. The van der Waals surface area contributed by atoms with E-state index in [1.165, 1.54) is 24.4 Å². The zero-order valence-corrected chi connectivity index (χ0v) is 12.9. The van der Waals surface area contributed by atoms with Crippen molar-refractivity contribution in [1.82, 2.24) is 14.9 Å². The first-order chi connectivity index (χ1) is 9.70. The van der Waals surface area contributed by atoms with Crippen molar-refractivity contribution < 1.29 is 12.8 Å². The topological polar surface area (TPSA) is 74.8 Å². The molecule has 0 radical (unpaired) electrons. The van der Waals surface area contributed by atoms with Gasteiger partial charge in [-0.25, -0.2) is 17.5 Å². The standard InChI is InChI=1S/C14H18FN3O2S/c1-14(2,3)13(10-4-6-11(15)7-5-10)18-21(19,20)12-8-9-16-17-12/h4-9,13,18H,1-3H3,(H,16,17). The van der Waals surface area contributed by atoms with E-state index in [4.69, 9.17) is 0 Å². The Hall–Kier alpha value is -1.73. The summed E-state index contributed by atoms with van der Waals surface area (Å²) in [5.41, 5.74) is 0.317. The molecule has 0 saturated heterocycles. The highest BCUT2D eigenvalue weighted by Gasteiger charge is 2.31. The lowest BCUT2D eigenvalue weighted by Crippen LogP contribution is -2.36. The average molecular weight is 311 g/mol. The summed E-state index contributed by atoms with van der Waals surface area (Å²) < 4.78 is 40.4. The number of aromatic nitrogens is 2. The molecule has 1 atom stereocenters. The molecule has 114 valence electrons. The van der Waals surface area contributed by atoms with Crippen molar-refractivity contribution in [3.63, 3.8) is 0 Å². The van der Waals surface area contributed by atoms with Gasteiger partial charge in [0.05, 0.1) is 12.2 Å². The lowest BCUT2D eigenvalue weighted by molar-refractivity contribution is 0.304. The third kappa shape index (κ3) is 3.68. The largest absolute Gasteiger partial charge is 0.266 e. The molecule has 1 aromatic carbocycles. The molecule has 0 bridgehead atoms. The van der Waals surface area contributed by atoms with Crippen LogP contribution in [0, 0.1) is 11.2 Å². The van der Waals surface area contributed by atoms with Crippen LogP contribution in [0.4, 0.5) is 4.39 Å². The number of H-pyrrole nitrogens is 1. The van der Waals surface area contributed by atoms with Crippen LogP contribution in [-0.4, -0.2) is 18.6 Å². The van der Waals surface area contributed by atoms with E-state index in [1.807, 2.05) is 20.8 Å². The SMILES string of the molecule is CC(C)(C)C(NS(=O)(=O)c1ccn[nH]1)c1ccc(F)cc1. The molecule has 1 unspecified atom stereocenters. The molecule has 1 heterocycles. The second kappa shape index (κ2) is 5.57. The summed E-state index contributed by atoms with van der Waals surface area (Å²) in [5.74, 6) is -0.358. The molecule has 0 amide bonds. The molecule has 2 rings (SSSR count). The number of nitrogens with zero attached hydrogens (tertiary/aromatic N) is 1. The van der Waals surface area contributed by atoms with E-state index in [1.54, 1.807) is 12.1 Å². The second-order valence-corrected chi connectivity index (χ2v) is 7.58. The molecule has 21 heavy (non-hydrogen) atoms. The van der Waals surface area contributed by atoms with Crippen molar-refractivity contribution in [2.45, 2.75) is 31.8 Å². The number of rotatable bonds is 4. The van der Waals surface area contributed by atoms with Gasteiger partial charge in [0.15, 0.2) is 5.03 Å². The molecule has 1 aromatic heterocycles. The van der Waals surface area contributed by atoms with Crippen LogP contribution in [-0.2, 0) is 10.0 Å². The van der Waals surface area contributed by atoms with Crippen molar-refractivity contribution in [2.75, 3.05) is 0 Å². The summed E-state index contributed by atoms with van der Waals surface area (Å²) in [5, 5.41) is 6.08. The van der Waals surface area contributed by atoms with Crippen molar-refractivity contribution >= 4 is 10.0 Å². The van der Waals surface area contributed by atoms with Gasteiger partial charge >= 0.3 is 0 Å². The molecule has 0 aliphatic rings. The van der Waals surface area contributed by atoms with Gasteiger partial charge in [-0.3, -0.25) is 5.10 Å². The van der Waals surface area contributed by atoms with Crippen molar-refractivity contribution in [2.24, 2.45) is 5.41 Å². The Bertz CT molecular complexity index is 689. The van der Waals surface area contributed by atoms with Crippen LogP contribution in [0.5, 0.6) is 0 Å². The first kappa shape index (κ1) is 15.7. The Morgan fingerprint density at radius 2 is 1.81 bits per heavy atom. The van der Waals surface area contributed by atoms with Gasteiger partial charge in [0.2, 0.25) is 0 Å². The highest BCUT2D eigenvalue weighted by atomic mass is 32.2. The van der Waals surface area contributed by atoms with Gasteiger partial charge in [0, 0.05) is 0 Å². The predicted octanol–water partition coefficient (Wildman–Crippen LogP) is 2.61. The number of benzene rings is 1. The molecule has 0 spiro atoms. The van der Waals surface area contributed by atoms with Gasteiger partial charge in [0.1, 0.15) is 5.82 Å². The minimum atomic E-state index is -3.72. The first-order valence-corrected chi connectivity index (χ1v) is 7.95. The normalized spacial score (nSPS) is 14.1. The fraction of sp³-hybridized carbons (Fsp3) is 0.357. The lowest BCUT2D eigenvalue weighted by Gasteiger charge is -2.31. The quantitative estimate of drug-likeness (QED) is 0.911. The van der Waals surface area contributed by atoms with Crippen LogP contribution in [0.15, 0.2) is 41.6 Å². The zero-order valence-electron chi connectivity index (χ0n) is 12.1. The molecular formula is C14H18FN3O2S. The third-order valence-corrected chi connectivity index (χ3v) is 4.46. The van der Waals surface area contributed by atoms with Crippen LogP contribution in [0.1, 0.15) is 32.4 Å². The number of halogens is 1. The Labute approximate surface area is 123 Å². The molecule has 0 aliphatic heterocycles. The smallest absolute Gasteiger partial charge is 0.258 e. The molecule has 0 aliphatic carbocycles.